The SMILES string of the molecule is Cc1ncc(Cn2cnc3ccc(C(=O)O)cc32)s1. The van der Waals surface area contributed by atoms with E-state index in [4.69, 9.17) is 5.11 Å². The molecule has 6 heteroatoms. The summed E-state index contributed by atoms with van der Waals surface area (Å²) >= 11 is 1.63. The number of thiazole rings is 1. The lowest BCUT2D eigenvalue weighted by molar-refractivity contribution is 0.0697. The van der Waals surface area contributed by atoms with Crippen LogP contribution in [0.5, 0.6) is 0 Å². The van der Waals surface area contributed by atoms with Gasteiger partial charge >= 0.3 is 5.97 Å². The van der Waals surface area contributed by atoms with Gasteiger partial charge in [0.05, 0.1) is 34.5 Å². The molecule has 2 heterocycles. The van der Waals surface area contributed by atoms with Crippen molar-refractivity contribution in [2.75, 3.05) is 0 Å². The monoisotopic (exact) mass is 273 g/mol. The van der Waals surface area contributed by atoms with E-state index in [1.54, 1.807) is 35.9 Å². The number of hydrogen-bond donors (Lipinski definition) is 1. The van der Waals surface area contributed by atoms with E-state index in [2.05, 4.69) is 9.97 Å². The van der Waals surface area contributed by atoms with Crippen LogP contribution in [0, 0.1) is 6.92 Å². The summed E-state index contributed by atoms with van der Waals surface area (Å²) in [5.41, 5.74) is 1.90. The molecule has 0 atom stereocenters. The minimum absolute atomic E-state index is 0.273. The molecule has 0 aliphatic heterocycles. The molecular formula is C13H11N3O2S. The van der Waals surface area contributed by atoms with Gasteiger partial charge in [-0.3, -0.25) is 0 Å². The van der Waals surface area contributed by atoms with Crippen LogP contribution in [0.1, 0.15) is 20.2 Å². The van der Waals surface area contributed by atoms with Gasteiger partial charge in [0.15, 0.2) is 0 Å². The zero-order chi connectivity index (χ0) is 13.4. The highest BCUT2D eigenvalue weighted by atomic mass is 32.1. The van der Waals surface area contributed by atoms with Crippen LogP contribution in [-0.4, -0.2) is 25.6 Å². The van der Waals surface area contributed by atoms with Gasteiger partial charge in [-0.15, -0.1) is 11.3 Å². The van der Waals surface area contributed by atoms with E-state index in [0.717, 1.165) is 20.9 Å². The number of benzene rings is 1. The predicted octanol–water partition coefficient (Wildman–Crippen LogP) is 2.55. The molecule has 0 aliphatic rings. The van der Waals surface area contributed by atoms with Crippen LogP contribution >= 0.6 is 11.3 Å². The maximum absolute atomic E-state index is 11.0. The molecule has 1 aromatic carbocycles. The van der Waals surface area contributed by atoms with Crippen LogP contribution in [0.4, 0.5) is 0 Å². The molecule has 0 spiro atoms. The van der Waals surface area contributed by atoms with E-state index in [1.807, 2.05) is 17.7 Å². The van der Waals surface area contributed by atoms with Gasteiger partial charge in [0.25, 0.3) is 0 Å². The first-order valence-corrected chi connectivity index (χ1v) is 6.54. The summed E-state index contributed by atoms with van der Waals surface area (Å²) in [5.74, 6) is -0.928. The van der Waals surface area contributed by atoms with Crippen LogP contribution in [0.2, 0.25) is 0 Å². The fourth-order valence-corrected chi connectivity index (χ4v) is 2.76. The molecule has 1 N–H and O–H groups in total. The Labute approximate surface area is 113 Å². The second-order valence-electron chi connectivity index (χ2n) is 4.23. The Hall–Kier alpha value is -2.21. The van der Waals surface area contributed by atoms with Gasteiger partial charge in [0.2, 0.25) is 0 Å². The van der Waals surface area contributed by atoms with Crippen molar-refractivity contribution in [1.82, 2.24) is 14.5 Å². The first kappa shape index (κ1) is 11.9. The Balaban J connectivity index is 2.03. The summed E-state index contributed by atoms with van der Waals surface area (Å²) in [7, 11) is 0. The van der Waals surface area contributed by atoms with Crippen molar-refractivity contribution in [2.45, 2.75) is 13.5 Å². The average molecular weight is 273 g/mol. The van der Waals surface area contributed by atoms with E-state index >= 15 is 0 Å². The number of nitrogens with zero attached hydrogens (tertiary/aromatic N) is 3. The van der Waals surface area contributed by atoms with Crippen molar-refractivity contribution in [3.63, 3.8) is 0 Å². The maximum atomic E-state index is 11.0. The lowest BCUT2D eigenvalue weighted by Crippen LogP contribution is -1.99. The number of hydrogen-bond acceptors (Lipinski definition) is 4. The van der Waals surface area contributed by atoms with Crippen LogP contribution in [0.3, 0.4) is 0 Å². The minimum atomic E-state index is -0.928. The number of carboxylic acids is 1. The van der Waals surface area contributed by atoms with Crippen LogP contribution < -0.4 is 0 Å². The molecule has 5 nitrogen and oxygen atoms in total. The van der Waals surface area contributed by atoms with E-state index < -0.39 is 5.97 Å². The highest BCUT2D eigenvalue weighted by molar-refractivity contribution is 7.11. The number of carbonyl (C=O) groups is 1. The number of carboxylic acid groups (broad SMARTS) is 1. The second-order valence-corrected chi connectivity index (χ2v) is 5.55. The van der Waals surface area contributed by atoms with Crippen molar-refractivity contribution >= 4 is 28.3 Å². The smallest absolute Gasteiger partial charge is 0.335 e. The van der Waals surface area contributed by atoms with E-state index in [-0.39, 0.29) is 5.56 Å². The standard InChI is InChI=1S/C13H11N3O2S/c1-8-14-5-10(19-8)6-16-7-15-11-3-2-9(13(17)18)4-12(11)16/h2-5,7H,6H2,1H3,(H,17,18). The molecule has 0 fully saturated rings. The molecule has 0 radical (unpaired) electrons. The molecule has 0 saturated carbocycles. The first-order chi connectivity index (χ1) is 9.13. The largest absolute Gasteiger partial charge is 0.478 e. The number of aromatic carboxylic acids is 1. The van der Waals surface area contributed by atoms with Crippen LogP contribution in [0.25, 0.3) is 11.0 Å². The van der Waals surface area contributed by atoms with E-state index in [0.29, 0.717) is 6.54 Å². The van der Waals surface area contributed by atoms with Gasteiger partial charge in [0.1, 0.15) is 0 Å². The highest BCUT2D eigenvalue weighted by Gasteiger charge is 2.09. The van der Waals surface area contributed by atoms with Gasteiger partial charge < -0.3 is 9.67 Å². The summed E-state index contributed by atoms with van der Waals surface area (Å²) < 4.78 is 1.94. The average Bonchev–Trinajstić information content (AvgIpc) is 2.96. The molecule has 0 aliphatic carbocycles. The quantitative estimate of drug-likeness (QED) is 0.796. The topological polar surface area (TPSA) is 68.0 Å². The summed E-state index contributed by atoms with van der Waals surface area (Å²) in [5, 5.41) is 10.0. The lowest BCUT2D eigenvalue weighted by atomic mass is 10.2. The summed E-state index contributed by atoms with van der Waals surface area (Å²) in [4.78, 5) is 20.6. The van der Waals surface area contributed by atoms with Gasteiger partial charge in [-0.25, -0.2) is 14.8 Å². The van der Waals surface area contributed by atoms with Crippen molar-refractivity contribution in [3.05, 3.63) is 46.2 Å². The van der Waals surface area contributed by atoms with Gasteiger partial charge in [0, 0.05) is 11.1 Å². The summed E-state index contributed by atoms with van der Waals surface area (Å²) in [6.45, 7) is 2.62. The molecule has 2 aromatic heterocycles. The Morgan fingerprint density at radius 1 is 1.42 bits per heavy atom. The van der Waals surface area contributed by atoms with Crippen molar-refractivity contribution in [2.24, 2.45) is 0 Å². The fourth-order valence-electron chi connectivity index (χ4n) is 1.96. The zero-order valence-electron chi connectivity index (χ0n) is 10.2. The number of imidazole rings is 1. The van der Waals surface area contributed by atoms with Crippen LogP contribution in [0.15, 0.2) is 30.7 Å². The van der Waals surface area contributed by atoms with Crippen molar-refractivity contribution < 1.29 is 9.90 Å². The van der Waals surface area contributed by atoms with E-state index in [1.165, 1.54) is 0 Å². The molecule has 19 heavy (non-hydrogen) atoms. The number of fused-ring (bicyclic) bond motifs is 1. The Morgan fingerprint density at radius 2 is 2.26 bits per heavy atom. The fraction of sp³-hybridized carbons (Fsp3) is 0.154. The third kappa shape index (κ3) is 2.22. The van der Waals surface area contributed by atoms with Crippen molar-refractivity contribution in [1.29, 1.82) is 0 Å². The van der Waals surface area contributed by atoms with Gasteiger partial charge in [-0.2, -0.15) is 0 Å². The second kappa shape index (κ2) is 4.47. The molecular weight excluding hydrogens is 262 g/mol. The third-order valence-corrected chi connectivity index (χ3v) is 3.76. The molecule has 0 bridgehead atoms. The lowest BCUT2D eigenvalue weighted by Gasteiger charge is -2.02. The molecule has 3 aromatic rings. The Bertz CT molecular complexity index is 760. The Kier molecular flexibility index (Phi) is 2.79. The minimum Gasteiger partial charge on any atom is -0.478 e. The summed E-state index contributed by atoms with van der Waals surface area (Å²) in [6.07, 6.45) is 3.57. The molecule has 0 saturated heterocycles. The zero-order valence-corrected chi connectivity index (χ0v) is 11.0. The maximum Gasteiger partial charge on any atom is 0.335 e. The predicted molar refractivity (Wildman–Crippen MR) is 72.6 cm³/mol. The first-order valence-electron chi connectivity index (χ1n) is 5.73. The summed E-state index contributed by atoms with van der Waals surface area (Å²) in [6, 6.07) is 4.95. The Morgan fingerprint density at radius 3 is 2.95 bits per heavy atom. The van der Waals surface area contributed by atoms with Gasteiger partial charge in [-0.1, -0.05) is 0 Å². The normalized spacial score (nSPS) is 11.0. The molecule has 3 rings (SSSR count). The third-order valence-electron chi connectivity index (χ3n) is 2.86. The van der Waals surface area contributed by atoms with Gasteiger partial charge in [-0.05, 0) is 25.1 Å². The highest BCUT2D eigenvalue weighted by Crippen LogP contribution is 2.19. The molecule has 0 unspecified atom stereocenters. The molecule has 0 amide bonds. The van der Waals surface area contributed by atoms with Crippen molar-refractivity contribution in [3.8, 4) is 0 Å². The van der Waals surface area contributed by atoms with E-state index in [9.17, 15) is 4.79 Å². The molecule has 96 valence electrons. The van der Waals surface area contributed by atoms with Crippen LogP contribution in [-0.2, 0) is 6.54 Å². The number of rotatable bonds is 3. The number of aryl methyl sites for hydroxylation is 1. The number of aromatic nitrogens is 3.